The van der Waals surface area contributed by atoms with Crippen molar-refractivity contribution in [3.8, 4) is 0 Å². The molecule has 1 amide bonds. The molecule has 1 N–H and O–H groups in total. The Balaban J connectivity index is 1.70. The summed E-state index contributed by atoms with van der Waals surface area (Å²) in [7, 11) is 0. The molecule has 112 valence electrons. The van der Waals surface area contributed by atoms with Crippen molar-refractivity contribution < 1.29 is 19.4 Å². The molecule has 1 aromatic rings. The Bertz CT molecular complexity index is 560. The maximum atomic E-state index is 12.4. The quantitative estimate of drug-likeness (QED) is 0.870. The van der Waals surface area contributed by atoms with Crippen LogP contribution in [0.25, 0.3) is 0 Å². The topological polar surface area (TPSA) is 70.1 Å². The highest BCUT2D eigenvalue weighted by Gasteiger charge is 2.34. The molecule has 0 bridgehead atoms. The highest BCUT2D eigenvalue weighted by atomic mass is 16.5. The summed E-state index contributed by atoms with van der Waals surface area (Å²) in [6, 6.07) is 7.14. The van der Waals surface area contributed by atoms with Gasteiger partial charge in [-0.2, -0.15) is 0 Å². The number of nitrogens with zero attached hydrogens (tertiary/aromatic N) is 2. The van der Waals surface area contributed by atoms with Crippen LogP contribution < -0.4 is 4.90 Å². The van der Waals surface area contributed by atoms with Crippen molar-refractivity contribution in [2.24, 2.45) is 0 Å². The lowest BCUT2D eigenvalue weighted by Gasteiger charge is -2.34. The number of rotatable bonds is 3. The number of fused-ring (bicyclic) bond motifs is 1. The molecule has 2 aliphatic heterocycles. The summed E-state index contributed by atoms with van der Waals surface area (Å²) in [4.78, 5) is 27.1. The van der Waals surface area contributed by atoms with Gasteiger partial charge >= 0.3 is 5.97 Å². The van der Waals surface area contributed by atoms with E-state index >= 15 is 0 Å². The normalized spacial score (nSPS) is 21.2. The molecule has 3 rings (SSSR count). The standard InChI is InChI=1S/C15H18N2O4/c18-14(17-7-8-21-10-13(17)15(19)20)9-16-6-5-11-3-1-2-4-12(11)16/h1-4,13H,5-10H2,(H,19,20). The van der Waals surface area contributed by atoms with Gasteiger partial charge in [0.2, 0.25) is 5.91 Å². The molecule has 1 unspecified atom stereocenters. The first-order valence-electron chi connectivity index (χ1n) is 7.09. The molecular weight excluding hydrogens is 272 g/mol. The van der Waals surface area contributed by atoms with Gasteiger partial charge in [-0.25, -0.2) is 4.79 Å². The van der Waals surface area contributed by atoms with Crippen molar-refractivity contribution in [2.75, 3.05) is 37.7 Å². The van der Waals surface area contributed by atoms with Gasteiger partial charge in [-0.1, -0.05) is 18.2 Å². The van der Waals surface area contributed by atoms with Crippen LogP contribution in [0.15, 0.2) is 24.3 Å². The second-order valence-corrected chi connectivity index (χ2v) is 5.32. The number of carbonyl (C=O) groups is 2. The maximum absolute atomic E-state index is 12.4. The number of morpholine rings is 1. The van der Waals surface area contributed by atoms with Crippen LogP contribution in [-0.2, 0) is 20.7 Å². The minimum absolute atomic E-state index is 0.0671. The van der Waals surface area contributed by atoms with E-state index in [1.165, 1.54) is 10.5 Å². The van der Waals surface area contributed by atoms with Crippen LogP contribution in [0.4, 0.5) is 5.69 Å². The average Bonchev–Trinajstić information content (AvgIpc) is 2.90. The number of amides is 1. The Morgan fingerprint density at radius 1 is 1.29 bits per heavy atom. The molecule has 1 fully saturated rings. The van der Waals surface area contributed by atoms with Crippen LogP contribution in [0, 0.1) is 0 Å². The number of para-hydroxylation sites is 1. The molecule has 1 atom stereocenters. The van der Waals surface area contributed by atoms with Gasteiger partial charge < -0.3 is 19.6 Å². The molecule has 0 saturated carbocycles. The monoisotopic (exact) mass is 290 g/mol. The number of anilines is 1. The van der Waals surface area contributed by atoms with E-state index in [0.29, 0.717) is 13.2 Å². The summed E-state index contributed by atoms with van der Waals surface area (Å²) in [6.07, 6.45) is 0.926. The molecule has 0 radical (unpaired) electrons. The Hall–Kier alpha value is -2.08. The SMILES string of the molecule is O=C(O)C1COCCN1C(=O)CN1CCc2ccccc21. The molecule has 6 heteroatoms. The fourth-order valence-electron chi connectivity index (χ4n) is 2.93. The van der Waals surface area contributed by atoms with E-state index < -0.39 is 12.0 Å². The molecule has 0 aromatic heterocycles. The van der Waals surface area contributed by atoms with E-state index in [9.17, 15) is 14.7 Å². The number of ether oxygens (including phenoxy) is 1. The summed E-state index contributed by atoms with van der Waals surface area (Å²) >= 11 is 0. The first-order chi connectivity index (χ1) is 10.2. The number of carboxylic acids is 1. The van der Waals surface area contributed by atoms with Crippen molar-refractivity contribution in [1.29, 1.82) is 0 Å². The smallest absolute Gasteiger partial charge is 0.328 e. The summed E-state index contributed by atoms with van der Waals surface area (Å²) in [6.45, 7) is 1.82. The first-order valence-corrected chi connectivity index (χ1v) is 7.09. The molecule has 6 nitrogen and oxygen atoms in total. The number of carboxylic acid groups (broad SMARTS) is 1. The third-order valence-corrected chi connectivity index (χ3v) is 4.04. The molecule has 1 aromatic carbocycles. The molecule has 2 aliphatic rings. The third-order valence-electron chi connectivity index (χ3n) is 4.04. The van der Waals surface area contributed by atoms with E-state index in [1.54, 1.807) is 0 Å². The minimum atomic E-state index is -1.01. The van der Waals surface area contributed by atoms with Crippen LogP contribution in [0.1, 0.15) is 5.56 Å². The lowest BCUT2D eigenvalue weighted by atomic mass is 10.2. The van der Waals surface area contributed by atoms with Gasteiger partial charge in [-0.15, -0.1) is 0 Å². The summed E-state index contributed by atoms with van der Waals surface area (Å²) in [5.74, 6) is -1.16. The Labute approximate surface area is 122 Å². The highest BCUT2D eigenvalue weighted by molar-refractivity contribution is 5.87. The van der Waals surface area contributed by atoms with E-state index in [0.717, 1.165) is 18.7 Å². The lowest BCUT2D eigenvalue weighted by molar-refractivity contribution is -0.157. The summed E-state index contributed by atoms with van der Waals surface area (Å²) in [5, 5.41) is 9.19. The predicted molar refractivity (Wildman–Crippen MR) is 76.3 cm³/mol. The van der Waals surface area contributed by atoms with E-state index in [4.69, 9.17) is 4.74 Å². The largest absolute Gasteiger partial charge is 0.480 e. The Morgan fingerprint density at radius 2 is 2.10 bits per heavy atom. The fourth-order valence-corrected chi connectivity index (χ4v) is 2.93. The van der Waals surface area contributed by atoms with E-state index in [1.807, 2.05) is 23.1 Å². The summed E-state index contributed by atoms with van der Waals surface area (Å²) < 4.78 is 5.16. The third kappa shape index (κ3) is 2.71. The van der Waals surface area contributed by atoms with Crippen molar-refractivity contribution in [3.05, 3.63) is 29.8 Å². The maximum Gasteiger partial charge on any atom is 0.328 e. The van der Waals surface area contributed by atoms with Gasteiger partial charge in [-0.05, 0) is 18.1 Å². The van der Waals surface area contributed by atoms with Gasteiger partial charge in [0.1, 0.15) is 0 Å². The summed E-state index contributed by atoms with van der Waals surface area (Å²) in [5.41, 5.74) is 2.31. The Kier molecular flexibility index (Phi) is 3.79. The van der Waals surface area contributed by atoms with Crippen molar-refractivity contribution in [3.63, 3.8) is 0 Å². The molecule has 1 saturated heterocycles. The van der Waals surface area contributed by atoms with Crippen LogP contribution in [0.3, 0.4) is 0 Å². The van der Waals surface area contributed by atoms with E-state index in [2.05, 4.69) is 6.07 Å². The number of hydrogen-bond acceptors (Lipinski definition) is 4. The molecule has 0 aliphatic carbocycles. The lowest BCUT2D eigenvalue weighted by Crippen LogP contribution is -2.54. The van der Waals surface area contributed by atoms with Crippen LogP contribution in [0.5, 0.6) is 0 Å². The van der Waals surface area contributed by atoms with Gasteiger partial charge in [0, 0.05) is 18.8 Å². The van der Waals surface area contributed by atoms with Crippen molar-refractivity contribution in [2.45, 2.75) is 12.5 Å². The van der Waals surface area contributed by atoms with Crippen LogP contribution >= 0.6 is 0 Å². The number of benzene rings is 1. The van der Waals surface area contributed by atoms with Crippen molar-refractivity contribution >= 4 is 17.6 Å². The number of aliphatic carboxylic acids is 1. The van der Waals surface area contributed by atoms with Gasteiger partial charge in [0.25, 0.3) is 0 Å². The van der Waals surface area contributed by atoms with Crippen molar-refractivity contribution in [1.82, 2.24) is 4.90 Å². The van der Waals surface area contributed by atoms with Gasteiger partial charge in [0.15, 0.2) is 6.04 Å². The average molecular weight is 290 g/mol. The highest BCUT2D eigenvalue weighted by Crippen LogP contribution is 2.27. The minimum Gasteiger partial charge on any atom is -0.480 e. The zero-order valence-corrected chi connectivity index (χ0v) is 11.7. The first kappa shape index (κ1) is 13.9. The van der Waals surface area contributed by atoms with Crippen LogP contribution in [0.2, 0.25) is 0 Å². The molecule has 0 spiro atoms. The van der Waals surface area contributed by atoms with Gasteiger partial charge in [0.05, 0.1) is 19.8 Å². The molecule has 21 heavy (non-hydrogen) atoms. The molecular formula is C15H18N2O4. The van der Waals surface area contributed by atoms with E-state index in [-0.39, 0.29) is 19.1 Å². The number of carbonyl (C=O) groups excluding carboxylic acids is 1. The molecule has 2 heterocycles. The zero-order valence-electron chi connectivity index (χ0n) is 11.7. The Morgan fingerprint density at radius 3 is 2.90 bits per heavy atom. The fraction of sp³-hybridized carbons (Fsp3) is 0.467. The van der Waals surface area contributed by atoms with Gasteiger partial charge in [-0.3, -0.25) is 4.79 Å². The number of hydrogen-bond donors (Lipinski definition) is 1. The van der Waals surface area contributed by atoms with Crippen LogP contribution in [-0.4, -0.2) is 60.8 Å². The second kappa shape index (κ2) is 5.73. The zero-order chi connectivity index (χ0) is 14.8. The predicted octanol–water partition coefficient (Wildman–Crippen LogP) is 0.361. The second-order valence-electron chi connectivity index (χ2n) is 5.32.